The summed E-state index contributed by atoms with van der Waals surface area (Å²) in [6.45, 7) is 0. The van der Waals surface area contributed by atoms with Crippen LogP contribution in [0.25, 0.3) is 0 Å². The number of carbonyl (C=O) groups is 1. The van der Waals surface area contributed by atoms with E-state index in [1.807, 2.05) is 30.5 Å². The van der Waals surface area contributed by atoms with Gasteiger partial charge < -0.3 is 10.1 Å². The van der Waals surface area contributed by atoms with Gasteiger partial charge in [-0.3, -0.25) is 9.78 Å². The first kappa shape index (κ1) is 16.8. The van der Waals surface area contributed by atoms with Crippen molar-refractivity contribution in [1.82, 2.24) is 15.3 Å². The molecule has 0 radical (unpaired) electrons. The number of hydrogen-bond donors (Lipinski definition) is 1. The van der Waals surface area contributed by atoms with Gasteiger partial charge in [0.2, 0.25) is 5.88 Å². The van der Waals surface area contributed by atoms with Crippen LogP contribution in [0.2, 0.25) is 0 Å². The van der Waals surface area contributed by atoms with E-state index in [4.69, 9.17) is 4.74 Å². The van der Waals surface area contributed by atoms with Gasteiger partial charge in [0.25, 0.3) is 5.91 Å². The zero-order valence-electron chi connectivity index (χ0n) is 13.6. The number of benzene rings is 1. The van der Waals surface area contributed by atoms with Crippen molar-refractivity contribution in [3.05, 3.63) is 48.4 Å². The molecule has 0 atom stereocenters. The van der Waals surface area contributed by atoms with Crippen LogP contribution in [0.5, 0.6) is 5.88 Å². The monoisotopic (exact) mass is 343 g/mol. The number of carbonyl (C=O) groups excluding carboxylic acids is 1. The standard InChI is InChI=1S/C18H21N3O2S/c1-24-16-5-3-2-4-15(16)18(22)21-13-6-8-14(9-7-13)23-17-12-19-10-11-20-17/h2-5,10-14H,6-9H2,1H3,(H,21,22). The van der Waals surface area contributed by atoms with Crippen molar-refractivity contribution in [1.29, 1.82) is 0 Å². The Bertz CT molecular complexity index is 673. The highest BCUT2D eigenvalue weighted by atomic mass is 32.2. The van der Waals surface area contributed by atoms with E-state index in [0.717, 1.165) is 36.1 Å². The van der Waals surface area contributed by atoms with Crippen molar-refractivity contribution >= 4 is 17.7 Å². The second-order valence-corrected chi connectivity index (χ2v) is 6.66. The number of rotatable bonds is 5. The van der Waals surface area contributed by atoms with E-state index >= 15 is 0 Å². The lowest BCUT2D eigenvalue weighted by Crippen LogP contribution is -2.39. The molecule has 1 aromatic carbocycles. The zero-order valence-corrected chi connectivity index (χ0v) is 14.5. The number of nitrogens with zero attached hydrogens (tertiary/aromatic N) is 2. The van der Waals surface area contributed by atoms with Crippen LogP contribution < -0.4 is 10.1 Å². The molecule has 0 bridgehead atoms. The maximum absolute atomic E-state index is 12.5. The average Bonchev–Trinajstić information content (AvgIpc) is 2.64. The molecule has 24 heavy (non-hydrogen) atoms. The van der Waals surface area contributed by atoms with Gasteiger partial charge in [0, 0.05) is 23.3 Å². The molecule has 0 saturated heterocycles. The normalized spacial score (nSPS) is 20.4. The Morgan fingerprint density at radius 3 is 2.71 bits per heavy atom. The molecular formula is C18H21N3O2S. The van der Waals surface area contributed by atoms with E-state index in [1.165, 1.54) is 0 Å². The number of thioether (sulfide) groups is 1. The molecule has 1 heterocycles. The molecule has 1 N–H and O–H groups in total. The minimum Gasteiger partial charge on any atom is -0.473 e. The zero-order chi connectivity index (χ0) is 16.8. The fraction of sp³-hybridized carbons (Fsp3) is 0.389. The first-order chi connectivity index (χ1) is 11.8. The Kier molecular flexibility index (Phi) is 5.69. The van der Waals surface area contributed by atoms with Crippen molar-refractivity contribution < 1.29 is 9.53 Å². The van der Waals surface area contributed by atoms with E-state index in [-0.39, 0.29) is 18.1 Å². The largest absolute Gasteiger partial charge is 0.473 e. The summed E-state index contributed by atoms with van der Waals surface area (Å²) >= 11 is 1.59. The molecule has 0 aliphatic heterocycles. The van der Waals surface area contributed by atoms with Gasteiger partial charge in [-0.2, -0.15) is 0 Å². The third-order valence-electron chi connectivity index (χ3n) is 4.19. The number of nitrogens with one attached hydrogen (secondary N) is 1. The molecule has 1 amide bonds. The summed E-state index contributed by atoms with van der Waals surface area (Å²) in [5.41, 5.74) is 0.753. The summed E-state index contributed by atoms with van der Waals surface area (Å²) in [5.74, 6) is 0.581. The molecule has 1 aromatic heterocycles. The quantitative estimate of drug-likeness (QED) is 0.844. The third kappa shape index (κ3) is 4.26. The van der Waals surface area contributed by atoms with Crippen molar-refractivity contribution in [3.8, 4) is 5.88 Å². The van der Waals surface area contributed by atoms with Crippen molar-refractivity contribution in [2.45, 2.75) is 42.7 Å². The van der Waals surface area contributed by atoms with E-state index in [2.05, 4.69) is 15.3 Å². The van der Waals surface area contributed by atoms with Gasteiger partial charge in [-0.1, -0.05) is 12.1 Å². The minimum atomic E-state index is 0.0123. The SMILES string of the molecule is CSc1ccccc1C(=O)NC1CCC(Oc2cnccn2)CC1. The van der Waals surface area contributed by atoms with Gasteiger partial charge in [-0.25, -0.2) is 4.98 Å². The van der Waals surface area contributed by atoms with Gasteiger partial charge in [-0.05, 0) is 44.1 Å². The Morgan fingerprint density at radius 1 is 1.21 bits per heavy atom. The van der Waals surface area contributed by atoms with Gasteiger partial charge in [0.15, 0.2) is 0 Å². The summed E-state index contributed by atoms with van der Waals surface area (Å²) < 4.78 is 5.84. The van der Waals surface area contributed by atoms with E-state index in [1.54, 1.807) is 30.4 Å². The van der Waals surface area contributed by atoms with Crippen LogP contribution >= 0.6 is 11.8 Å². The van der Waals surface area contributed by atoms with Crippen LogP contribution in [0.3, 0.4) is 0 Å². The lowest BCUT2D eigenvalue weighted by atomic mass is 9.92. The summed E-state index contributed by atoms with van der Waals surface area (Å²) in [6.07, 6.45) is 10.7. The van der Waals surface area contributed by atoms with Crippen molar-refractivity contribution in [2.75, 3.05) is 6.26 Å². The van der Waals surface area contributed by atoms with Gasteiger partial charge in [0.1, 0.15) is 6.10 Å². The highest BCUT2D eigenvalue weighted by Gasteiger charge is 2.24. The molecule has 0 spiro atoms. The van der Waals surface area contributed by atoms with Crippen LogP contribution in [0.1, 0.15) is 36.0 Å². The molecule has 1 saturated carbocycles. The van der Waals surface area contributed by atoms with Crippen LogP contribution in [-0.2, 0) is 0 Å². The van der Waals surface area contributed by atoms with Crippen LogP contribution in [0.15, 0.2) is 47.8 Å². The molecule has 0 unspecified atom stereocenters. The lowest BCUT2D eigenvalue weighted by molar-refractivity contribution is 0.0887. The summed E-state index contributed by atoms with van der Waals surface area (Å²) in [6, 6.07) is 7.92. The molecule has 5 nitrogen and oxygen atoms in total. The lowest BCUT2D eigenvalue weighted by Gasteiger charge is -2.29. The first-order valence-electron chi connectivity index (χ1n) is 8.13. The van der Waals surface area contributed by atoms with Crippen molar-refractivity contribution in [3.63, 3.8) is 0 Å². The smallest absolute Gasteiger partial charge is 0.252 e. The number of ether oxygens (including phenoxy) is 1. The summed E-state index contributed by atoms with van der Waals surface area (Å²) in [4.78, 5) is 21.7. The number of aromatic nitrogens is 2. The number of amides is 1. The number of hydrogen-bond acceptors (Lipinski definition) is 5. The summed E-state index contributed by atoms with van der Waals surface area (Å²) in [5, 5.41) is 3.16. The average molecular weight is 343 g/mol. The maximum Gasteiger partial charge on any atom is 0.252 e. The Morgan fingerprint density at radius 2 is 2.00 bits per heavy atom. The molecular weight excluding hydrogens is 322 g/mol. The van der Waals surface area contributed by atoms with Gasteiger partial charge in [-0.15, -0.1) is 11.8 Å². The highest BCUT2D eigenvalue weighted by Crippen LogP contribution is 2.24. The molecule has 1 aliphatic rings. The maximum atomic E-state index is 12.5. The molecule has 3 rings (SSSR count). The molecule has 1 aliphatic carbocycles. The van der Waals surface area contributed by atoms with Crippen LogP contribution in [-0.4, -0.2) is 34.3 Å². The first-order valence-corrected chi connectivity index (χ1v) is 9.35. The molecule has 2 aromatic rings. The Hall–Kier alpha value is -2.08. The Labute approximate surface area is 146 Å². The topological polar surface area (TPSA) is 64.1 Å². The predicted molar refractivity (Wildman–Crippen MR) is 94.4 cm³/mol. The minimum absolute atomic E-state index is 0.0123. The molecule has 1 fully saturated rings. The second kappa shape index (κ2) is 8.15. The van der Waals surface area contributed by atoms with Gasteiger partial charge >= 0.3 is 0 Å². The summed E-state index contributed by atoms with van der Waals surface area (Å²) in [7, 11) is 0. The Balaban J connectivity index is 1.51. The van der Waals surface area contributed by atoms with Gasteiger partial charge in [0.05, 0.1) is 11.8 Å². The van der Waals surface area contributed by atoms with E-state index < -0.39 is 0 Å². The van der Waals surface area contributed by atoms with E-state index in [9.17, 15) is 4.79 Å². The molecule has 6 heteroatoms. The van der Waals surface area contributed by atoms with Crippen LogP contribution in [0, 0.1) is 0 Å². The second-order valence-electron chi connectivity index (χ2n) is 5.81. The van der Waals surface area contributed by atoms with Crippen molar-refractivity contribution in [2.24, 2.45) is 0 Å². The highest BCUT2D eigenvalue weighted by molar-refractivity contribution is 7.98. The third-order valence-corrected chi connectivity index (χ3v) is 4.98. The van der Waals surface area contributed by atoms with Crippen LogP contribution in [0.4, 0.5) is 0 Å². The molecule has 126 valence electrons. The van der Waals surface area contributed by atoms with E-state index in [0.29, 0.717) is 5.88 Å². The fourth-order valence-electron chi connectivity index (χ4n) is 2.94. The predicted octanol–water partition coefficient (Wildman–Crippen LogP) is 3.32. The fourth-order valence-corrected chi connectivity index (χ4v) is 3.53.